The summed E-state index contributed by atoms with van der Waals surface area (Å²) < 4.78 is 55.7. The molecule has 2 N–H and O–H groups in total. The summed E-state index contributed by atoms with van der Waals surface area (Å²) >= 11 is 1.23. The highest BCUT2D eigenvalue weighted by Gasteiger charge is 2.47. The van der Waals surface area contributed by atoms with Crippen LogP contribution in [-0.4, -0.2) is 42.0 Å². The number of hydrogen-bond acceptors (Lipinski definition) is 6. The molecule has 1 heterocycles. The third-order valence-electron chi connectivity index (χ3n) is 5.04. The van der Waals surface area contributed by atoms with Gasteiger partial charge in [0.05, 0.1) is 5.75 Å². The van der Waals surface area contributed by atoms with E-state index in [1.807, 2.05) is 0 Å². The van der Waals surface area contributed by atoms with Gasteiger partial charge < -0.3 is 5.32 Å². The maximum Gasteiger partial charge on any atom is 0.249 e. The first-order valence-corrected chi connectivity index (χ1v) is 11.1. The quantitative estimate of drug-likeness (QED) is 0.743. The van der Waals surface area contributed by atoms with Crippen LogP contribution in [0.3, 0.4) is 0 Å². The number of anilines is 1. The van der Waals surface area contributed by atoms with Crippen LogP contribution in [0.25, 0.3) is 0 Å². The molecule has 2 aliphatic carbocycles. The van der Waals surface area contributed by atoms with Gasteiger partial charge in [0.2, 0.25) is 21.1 Å². The Kier molecular flexibility index (Phi) is 5.60. The van der Waals surface area contributed by atoms with Gasteiger partial charge in [0, 0.05) is 42.9 Å². The van der Waals surface area contributed by atoms with Gasteiger partial charge >= 0.3 is 0 Å². The highest BCUT2D eigenvalue weighted by Crippen LogP contribution is 2.47. The minimum atomic E-state index is -3.13. The Hall–Kier alpha value is -0.870. The fourth-order valence-electron chi connectivity index (χ4n) is 3.34. The van der Waals surface area contributed by atoms with E-state index >= 15 is 0 Å². The van der Waals surface area contributed by atoms with Crippen LogP contribution in [0.2, 0.25) is 0 Å². The van der Waals surface area contributed by atoms with Crippen LogP contribution >= 0.6 is 11.5 Å². The van der Waals surface area contributed by atoms with E-state index < -0.39 is 15.9 Å². The highest BCUT2D eigenvalue weighted by atomic mass is 32.2. The minimum absolute atomic E-state index is 0.107. The summed E-state index contributed by atoms with van der Waals surface area (Å²) in [5.74, 6) is -1.77. The van der Waals surface area contributed by atoms with E-state index in [1.54, 1.807) is 6.92 Å². The molecule has 0 bridgehead atoms. The summed E-state index contributed by atoms with van der Waals surface area (Å²) in [6.45, 7) is 2.13. The van der Waals surface area contributed by atoms with Crippen molar-refractivity contribution in [1.29, 1.82) is 0 Å². The molecule has 6 nitrogen and oxygen atoms in total. The SMILES string of the molecule is CCS(=O)(=O)NCC1CCC(Nc2nc(C3CC(F)(F)C3)ns2)CC1. The molecule has 0 radical (unpaired) electrons. The van der Waals surface area contributed by atoms with Crippen molar-refractivity contribution < 1.29 is 17.2 Å². The average Bonchev–Trinajstić information content (AvgIpc) is 3.00. The number of nitrogens with one attached hydrogen (secondary N) is 2. The molecule has 0 aliphatic heterocycles. The Morgan fingerprint density at radius 1 is 1.24 bits per heavy atom. The van der Waals surface area contributed by atoms with Crippen molar-refractivity contribution in [2.45, 2.75) is 63.3 Å². The maximum atomic E-state index is 12.9. The van der Waals surface area contributed by atoms with E-state index in [2.05, 4.69) is 19.4 Å². The molecule has 0 amide bonds. The Labute approximate surface area is 151 Å². The van der Waals surface area contributed by atoms with Crippen molar-refractivity contribution in [3.63, 3.8) is 0 Å². The second kappa shape index (κ2) is 7.40. The molecule has 2 saturated carbocycles. The second-order valence-corrected chi connectivity index (χ2v) is 9.88. The monoisotopic (exact) mass is 394 g/mol. The lowest BCUT2D eigenvalue weighted by Gasteiger charge is -2.32. The number of sulfonamides is 1. The molecule has 1 aromatic rings. The maximum absolute atomic E-state index is 12.9. The first-order chi connectivity index (χ1) is 11.8. The van der Waals surface area contributed by atoms with Gasteiger partial charge in [0.1, 0.15) is 5.82 Å². The number of nitrogens with zero attached hydrogens (tertiary/aromatic N) is 2. The van der Waals surface area contributed by atoms with Gasteiger partial charge in [-0.05, 0) is 38.5 Å². The Bertz CT molecular complexity index is 679. The summed E-state index contributed by atoms with van der Waals surface area (Å²) in [5.41, 5.74) is 0. The number of rotatable bonds is 7. The van der Waals surface area contributed by atoms with Crippen molar-refractivity contribution in [1.82, 2.24) is 14.1 Å². The second-order valence-electron chi connectivity index (χ2n) is 7.03. The molecule has 10 heteroatoms. The predicted molar refractivity (Wildman–Crippen MR) is 93.7 cm³/mol. The van der Waals surface area contributed by atoms with Crippen LogP contribution in [0.5, 0.6) is 0 Å². The molecule has 1 aromatic heterocycles. The zero-order valence-electron chi connectivity index (χ0n) is 14.2. The molecular weight excluding hydrogens is 370 g/mol. The molecule has 2 aliphatic rings. The fourth-order valence-corrected chi connectivity index (χ4v) is 4.75. The van der Waals surface area contributed by atoms with Crippen molar-refractivity contribution >= 4 is 26.7 Å². The zero-order chi connectivity index (χ0) is 18.1. The van der Waals surface area contributed by atoms with Crippen LogP contribution in [0.4, 0.5) is 13.9 Å². The molecule has 3 rings (SSSR count). The van der Waals surface area contributed by atoms with Crippen molar-refractivity contribution in [3.8, 4) is 0 Å². The third kappa shape index (κ3) is 5.07. The van der Waals surface area contributed by atoms with Crippen LogP contribution in [0, 0.1) is 5.92 Å². The fraction of sp³-hybridized carbons (Fsp3) is 0.867. The van der Waals surface area contributed by atoms with Crippen molar-refractivity contribution in [3.05, 3.63) is 5.82 Å². The van der Waals surface area contributed by atoms with Gasteiger partial charge in [-0.3, -0.25) is 0 Å². The van der Waals surface area contributed by atoms with Crippen molar-refractivity contribution in [2.24, 2.45) is 5.92 Å². The lowest BCUT2D eigenvalue weighted by Crippen LogP contribution is -2.35. The number of alkyl halides is 2. The Balaban J connectivity index is 1.41. The molecule has 142 valence electrons. The predicted octanol–water partition coefficient (Wildman–Crippen LogP) is 2.96. The van der Waals surface area contributed by atoms with Gasteiger partial charge in [-0.2, -0.15) is 4.37 Å². The van der Waals surface area contributed by atoms with Gasteiger partial charge in [-0.25, -0.2) is 26.9 Å². The molecule has 0 saturated heterocycles. The third-order valence-corrected chi connectivity index (χ3v) is 7.07. The van der Waals surface area contributed by atoms with Gasteiger partial charge in [-0.15, -0.1) is 0 Å². The summed E-state index contributed by atoms with van der Waals surface area (Å²) in [5, 5.41) is 4.04. The van der Waals surface area contributed by atoms with E-state index in [0.29, 0.717) is 23.4 Å². The van der Waals surface area contributed by atoms with Gasteiger partial charge in [-0.1, -0.05) is 0 Å². The molecule has 0 atom stereocenters. The zero-order valence-corrected chi connectivity index (χ0v) is 15.8. The summed E-state index contributed by atoms with van der Waals surface area (Å²) in [6, 6.07) is 0.280. The largest absolute Gasteiger partial charge is 0.358 e. The first-order valence-electron chi connectivity index (χ1n) is 8.71. The van der Waals surface area contributed by atoms with E-state index in [1.165, 1.54) is 11.5 Å². The average molecular weight is 395 g/mol. The number of halogens is 2. The molecule has 0 aromatic carbocycles. The molecular formula is C15H24F2N4O2S2. The van der Waals surface area contributed by atoms with Crippen LogP contribution < -0.4 is 10.0 Å². The summed E-state index contributed by atoms with van der Waals surface area (Å²) in [4.78, 5) is 4.36. The van der Waals surface area contributed by atoms with Gasteiger partial charge in [0.25, 0.3) is 0 Å². The highest BCUT2D eigenvalue weighted by molar-refractivity contribution is 7.89. The van der Waals surface area contributed by atoms with Crippen LogP contribution in [0.1, 0.15) is 57.2 Å². The number of aromatic nitrogens is 2. The standard InChI is InChI=1S/C15H24F2N4O2S2/c1-2-25(22,23)18-9-10-3-5-12(6-4-10)19-14-20-13(21-24-14)11-7-15(16,17)8-11/h10-12,18H,2-9H2,1H3,(H,19,20,21). The molecule has 0 unspecified atom stereocenters. The van der Waals surface area contributed by atoms with Crippen LogP contribution in [0.15, 0.2) is 0 Å². The Morgan fingerprint density at radius 3 is 2.52 bits per heavy atom. The molecule has 0 spiro atoms. The van der Waals surface area contributed by atoms with E-state index in [0.717, 1.165) is 25.7 Å². The normalized spacial score (nSPS) is 27.0. The Morgan fingerprint density at radius 2 is 1.92 bits per heavy atom. The smallest absolute Gasteiger partial charge is 0.249 e. The molecule has 2 fully saturated rings. The van der Waals surface area contributed by atoms with Crippen LogP contribution in [-0.2, 0) is 10.0 Å². The lowest BCUT2D eigenvalue weighted by atomic mass is 9.81. The summed E-state index contributed by atoms with van der Waals surface area (Å²) in [6.07, 6.45) is 3.47. The van der Waals surface area contributed by atoms with E-state index in [-0.39, 0.29) is 30.6 Å². The van der Waals surface area contributed by atoms with E-state index in [9.17, 15) is 17.2 Å². The first kappa shape index (κ1) is 18.9. The lowest BCUT2D eigenvalue weighted by molar-refractivity contribution is -0.0883. The van der Waals surface area contributed by atoms with Crippen molar-refractivity contribution in [2.75, 3.05) is 17.6 Å². The van der Waals surface area contributed by atoms with Gasteiger partial charge in [0.15, 0.2) is 0 Å². The topological polar surface area (TPSA) is 84.0 Å². The molecule has 25 heavy (non-hydrogen) atoms. The summed E-state index contributed by atoms with van der Waals surface area (Å²) in [7, 11) is -3.13. The van der Waals surface area contributed by atoms with E-state index in [4.69, 9.17) is 0 Å². The minimum Gasteiger partial charge on any atom is -0.358 e. The number of hydrogen-bond donors (Lipinski definition) is 2.